The number of nitrogens with zero attached hydrogens (tertiary/aromatic N) is 2. The van der Waals surface area contributed by atoms with Gasteiger partial charge in [0, 0.05) is 49.7 Å². The molecule has 2 N–H and O–H groups in total. The molecule has 0 radical (unpaired) electrons. The first-order valence-corrected chi connectivity index (χ1v) is 12.2. The third-order valence-electron chi connectivity index (χ3n) is 6.61. The van der Waals surface area contributed by atoms with Crippen molar-refractivity contribution >= 4 is 28.6 Å². The second-order valence-corrected chi connectivity index (χ2v) is 9.30. The molecule has 0 spiro atoms. The zero-order chi connectivity index (χ0) is 25.9. The third kappa shape index (κ3) is 5.34. The highest BCUT2D eigenvalue weighted by atomic mass is 19.1. The Labute approximate surface area is 214 Å². The van der Waals surface area contributed by atoms with E-state index in [4.69, 9.17) is 4.74 Å². The van der Waals surface area contributed by atoms with Gasteiger partial charge in [0.25, 0.3) is 0 Å². The van der Waals surface area contributed by atoms with Crippen LogP contribution in [0.4, 0.5) is 14.9 Å². The Balaban J connectivity index is 1.21. The molecule has 0 unspecified atom stereocenters. The summed E-state index contributed by atoms with van der Waals surface area (Å²) in [5.74, 6) is -0.617. The highest BCUT2D eigenvalue weighted by Crippen LogP contribution is 2.29. The minimum absolute atomic E-state index is 0.198. The molecule has 1 aromatic heterocycles. The van der Waals surface area contributed by atoms with Crippen molar-refractivity contribution in [2.45, 2.75) is 26.1 Å². The lowest BCUT2D eigenvalue weighted by Crippen LogP contribution is -2.33. The second kappa shape index (κ2) is 10.4. The molecule has 37 heavy (non-hydrogen) atoms. The summed E-state index contributed by atoms with van der Waals surface area (Å²) in [6.45, 7) is 3.32. The molecule has 5 rings (SSSR count). The first-order chi connectivity index (χ1) is 17.9. The molecular weight excluding hydrogens is 471 g/mol. The molecule has 3 aromatic carbocycles. The van der Waals surface area contributed by atoms with Gasteiger partial charge in [-0.25, -0.2) is 9.18 Å². The lowest BCUT2D eigenvalue weighted by molar-refractivity contribution is -0.119. The quantitative estimate of drug-likeness (QED) is 0.367. The number of halogens is 1. The van der Waals surface area contributed by atoms with E-state index in [0.717, 1.165) is 17.7 Å². The third-order valence-corrected chi connectivity index (χ3v) is 6.61. The number of benzene rings is 3. The number of aromatic nitrogens is 1. The molecule has 0 bridgehead atoms. The van der Waals surface area contributed by atoms with Crippen LogP contribution in [-0.2, 0) is 29.7 Å². The molecule has 0 saturated carbocycles. The maximum atomic E-state index is 15.0. The Bertz CT molecular complexity index is 1450. The number of nitrogens with one attached hydrogen (secondary N) is 2. The van der Waals surface area contributed by atoms with Crippen LogP contribution in [0.2, 0.25) is 0 Å². The van der Waals surface area contributed by atoms with E-state index < -0.39 is 18.0 Å². The second-order valence-electron chi connectivity index (χ2n) is 9.30. The summed E-state index contributed by atoms with van der Waals surface area (Å²) in [5.41, 5.74) is 5.20. The van der Waals surface area contributed by atoms with Crippen LogP contribution >= 0.6 is 0 Å². The number of carbonyl (C=O) groups excluding carboxylic acids is 2. The number of amides is 2. The number of aryl methyl sites for hydroxylation is 1. The molecule has 1 aliphatic rings. The van der Waals surface area contributed by atoms with Gasteiger partial charge >= 0.3 is 6.09 Å². The van der Waals surface area contributed by atoms with Crippen molar-refractivity contribution in [3.8, 4) is 11.1 Å². The van der Waals surface area contributed by atoms with E-state index in [-0.39, 0.29) is 19.0 Å². The summed E-state index contributed by atoms with van der Waals surface area (Å²) in [4.78, 5) is 24.7. The number of fused-ring (bicyclic) bond motifs is 1. The Morgan fingerprint density at radius 3 is 2.62 bits per heavy atom. The van der Waals surface area contributed by atoms with Gasteiger partial charge < -0.3 is 19.9 Å². The summed E-state index contributed by atoms with van der Waals surface area (Å²) >= 11 is 0. The van der Waals surface area contributed by atoms with Crippen molar-refractivity contribution in [2.24, 2.45) is 7.05 Å². The van der Waals surface area contributed by atoms with Gasteiger partial charge in [0.2, 0.25) is 5.91 Å². The van der Waals surface area contributed by atoms with Gasteiger partial charge in [0.15, 0.2) is 0 Å². The average Bonchev–Trinajstić information content (AvgIpc) is 3.42. The van der Waals surface area contributed by atoms with Gasteiger partial charge in [-0.1, -0.05) is 42.5 Å². The number of hydrogen-bond donors (Lipinski definition) is 2. The highest BCUT2D eigenvalue weighted by molar-refractivity contribution is 5.90. The molecule has 1 atom stereocenters. The van der Waals surface area contributed by atoms with Gasteiger partial charge in [0.1, 0.15) is 11.9 Å². The fraction of sp³-hybridized carbons (Fsp3) is 0.241. The molecule has 2 amide bonds. The van der Waals surface area contributed by atoms with Crippen molar-refractivity contribution in [3.63, 3.8) is 0 Å². The van der Waals surface area contributed by atoms with E-state index in [1.165, 1.54) is 34.4 Å². The minimum atomic E-state index is -0.553. The van der Waals surface area contributed by atoms with Crippen molar-refractivity contribution < 1.29 is 18.7 Å². The number of anilines is 1. The molecule has 1 saturated heterocycles. The molecule has 8 heteroatoms. The molecule has 4 aromatic rings. The van der Waals surface area contributed by atoms with Gasteiger partial charge in [-0.15, -0.1) is 0 Å². The maximum absolute atomic E-state index is 15.0. The van der Waals surface area contributed by atoms with Crippen molar-refractivity contribution in [2.75, 3.05) is 18.0 Å². The molecule has 190 valence electrons. The lowest BCUT2D eigenvalue weighted by atomic mass is 10.0. The van der Waals surface area contributed by atoms with E-state index in [9.17, 15) is 9.59 Å². The summed E-state index contributed by atoms with van der Waals surface area (Å²) in [5, 5.41) is 7.38. The SMILES string of the molecule is CC(=O)NC[C@H]1CN(c2ccc(-c3ccc(CNCc4cn(C)c5ccccc45)cc3)c(F)c2)C(=O)O1. The van der Waals surface area contributed by atoms with Crippen molar-refractivity contribution in [1.29, 1.82) is 0 Å². The van der Waals surface area contributed by atoms with Crippen LogP contribution in [0.3, 0.4) is 0 Å². The van der Waals surface area contributed by atoms with Crippen molar-refractivity contribution in [3.05, 3.63) is 89.9 Å². The van der Waals surface area contributed by atoms with Crippen LogP contribution < -0.4 is 15.5 Å². The number of rotatable bonds is 8. The van der Waals surface area contributed by atoms with Crippen LogP contribution in [0.5, 0.6) is 0 Å². The molecule has 2 heterocycles. The average molecular weight is 501 g/mol. The van der Waals surface area contributed by atoms with Crippen LogP contribution in [0, 0.1) is 5.82 Å². The van der Waals surface area contributed by atoms with Crippen LogP contribution in [0.25, 0.3) is 22.0 Å². The number of hydrogen-bond acceptors (Lipinski definition) is 4. The summed E-state index contributed by atoms with van der Waals surface area (Å²) in [7, 11) is 2.05. The predicted molar refractivity (Wildman–Crippen MR) is 142 cm³/mol. The fourth-order valence-corrected chi connectivity index (χ4v) is 4.71. The zero-order valence-corrected chi connectivity index (χ0v) is 20.8. The molecular formula is C29H29FN4O3. The van der Waals surface area contributed by atoms with Gasteiger partial charge in [-0.3, -0.25) is 9.69 Å². The van der Waals surface area contributed by atoms with E-state index in [1.807, 2.05) is 30.3 Å². The Kier molecular flexibility index (Phi) is 6.92. The topological polar surface area (TPSA) is 75.6 Å². The summed E-state index contributed by atoms with van der Waals surface area (Å²) in [6.07, 6.45) is 1.13. The Morgan fingerprint density at radius 1 is 1.08 bits per heavy atom. The monoisotopic (exact) mass is 500 g/mol. The zero-order valence-electron chi connectivity index (χ0n) is 20.8. The van der Waals surface area contributed by atoms with Gasteiger partial charge in [-0.2, -0.15) is 0 Å². The van der Waals surface area contributed by atoms with Crippen LogP contribution in [0.15, 0.2) is 72.9 Å². The highest BCUT2D eigenvalue weighted by Gasteiger charge is 2.32. The first kappa shape index (κ1) is 24.5. The van der Waals surface area contributed by atoms with Crippen LogP contribution in [-0.4, -0.2) is 35.8 Å². The lowest BCUT2D eigenvalue weighted by Gasteiger charge is -2.15. The first-order valence-electron chi connectivity index (χ1n) is 12.2. The van der Waals surface area contributed by atoms with E-state index in [2.05, 4.69) is 46.6 Å². The van der Waals surface area contributed by atoms with Gasteiger partial charge in [0.05, 0.1) is 18.8 Å². The normalized spacial score (nSPS) is 15.3. The predicted octanol–water partition coefficient (Wildman–Crippen LogP) is 4.74. The minimum Gasteiger partial charge on any atom is -0.442 e. The molecule has 0 aliphatic carbocycles. The fourth-order valence-electron chi connectivity index (χ4n) is 4.71. The Hall–Kier alpha value is -4.17. The number of ether oxygens (including phenoxy) is 1. The number of cyclic esters (lactones) is 1. The standard InChI is InChI=1S/C29H29FN4O3/c1-19(35)32-16-24-18-34(29(36)37-24)23-11-12-25(27(30)13-23)21-9-7-20(8-10-21)14-31-15-22-17-33(2)28-6-4-3-5-26(22)28/h3-13,17,24,31H,14-16,18H2,1-2H3,(H,32,35)/t24-/m0/s1. The Morgan fingerprint density at radius 2 is 1.86 bits per heavy atom. The van der Waals surface area contributed by atoms with E-state index >= 15 is 4.39 Å². The van der Waals surface area contributed by atoms with Gasteiger partial charge in [-0.05, 0) is 41.0 Å². The number of para-hydroxylation sites is 1. The smallest absolute Gasteiger partial charge is 0.414 e. The van der Waals surface area contributed by atoms with E-state index in [1.54, 1.807) is 12.1 Å². The summed E-state index contributed by atoms with van der Waals surface area (Å²) < 4.78 is 22.4. The molecule has 7 nitrogen and oxygen atoms in total. The maximum Gasteiger partial charge on any atom is 0.414 e. The summed E-state index contributed by atoms with van der Waals surface area (Å²) in [6, 6.07) is 20.9. The molecule has 1 aliphatic heterocycles. The van der Waals surface area contributed by atoms with E-state index in [0.29, 0.717) is 17.8 Å². The van der Waals surface area contributed by atoms with Crippen LogP contribution in [0.1, 0.15) is 18.1 Å². The largest absolute Gasteiger partial charge is 0.442 e. The van der Waals surface area contributed by atoms with Crippen molar-refractivity contribution in [1.82, 2.24) is 15.2 Å². The molecule has 1 fully saturated rings. The number of carbonyl (C=O) groups is 2.